The summed E-state index contributed by atoms with van der Waals surface area (Å²) >= 11 is 12.1. The van der Waals surface area contributed by atoms with Crippen LogP contribution in [-0.4, -0.2) is 23.3 Å². The summed E-state index contributed by atoms with van der Waals surface area (Å²) in [6, 6.07) is 12.8. The van der Waals surface area contributed by atoms with Gasteiger partial charge in [0.15, 0.2) is 0 Å². The summed E-state index contributed by atoms with van der Waals surface area (Å²) in [5.41, 5.74) is 2.48. The fourth-order valence-corrected chi connectivity index (χ4v) is 3.26. The summed E-state index contributed by atoms with van der Waals surface area (Å²) in [4.78, 5) is 26.5. The topological polar surface area (TPSA) is 49.4 Å². The second-order valence-electron chi connectivity index (χ2n) is 6.22. The van der Waals surface area contributed by atoms with Crippen LogP contribution in [0.5, 0.6) is 0 Å². The first-order valence-electron chi connectivity index (χ1n) is 8.02. The number of rotatable bonds is 4. The minimum Gasteiger partial charge on any atom is -0.337 e. The highest BCUT2D eigenvalue weighted by molar-refractivity contribution is 6.31. The van der Waals surface area contributed by atoms with Gasteiger partial charge in [-0.3, -0.25) is 9.59 Å². The molecule has 6 heteroatoms. The van der Waals surface area contributed by atoms with Crippen LogP contribution >= 0.6 is 23.2 Å². The van der Waals surface area contributed by atoms with E-state index in [1.165, 1.54) is 0 Å². The average molecular weight is 377 g/mol. The molecule has 0 radical (unpaired) electrons. The van der Waals surface area contributed by atoms with Gasteiger partial charge in [0.2, 0.25) is 11.8 Å². The number of carbonyl (C=O) groups is 2. The normalized spacial score (nSPS) is 17.0. The molecule has 2 aromatic carbocycles. The van der Waals surface area contributed by atoms with E-state index in [0.717, 1.165) is 11.1 Å². The lowest BCUT2D eigenvalue weighted by Gasteiger charge is -2.17. The first kappa shape index (κ1) is 17.8. The number of anilines is 1. The Morgan fingerprint density at radius 2 is 2.00 bits per heavy atom. The fraction of sp³-hybridized carbons (Fsp3) is 0.263. The Bertz CT molecular complexity index is 823. The first-order valence-corrected chi connectivity index (χ1v) is 8.78. The third-order valence-electron chi connectivity index (χ3n) is 4.36. The highest BCUT2D eigenvalue weighted by Gasteiger charge is 2.34. The van der Waals surface area contributed by atoms with Gasteiger partial charge in [-0.15, -0.1) is 0 Å². The molecular formula is C19H18Cl2N2O2. The molecule has 0 spiro atoms. The summed E-state index contributed by atoms with van der Waals surface area (Å²) in [6.07, 6.45) is 0.204. The highest BCUT2D eigenvalue weighted by atomic mass is 35.5. The number of carbonyl (C=O) groups excluding carboxylic acids is 2. The lowest BCUT2D eigenvalue weighted by Crippen LogP contribution is -2.28. The van der Waals surface area contributed by atoms with Gasteiger partial charge in [0, 0.05) is 35.2 Å². The average Bonchev–Trinajstić information content (AvgIpc) is 2.94. The monoisotopic (exact) mass is 376 g/mol. The smallest absolute Gasteiger partial charge is 0.229 e. The van der Waals surface area contributed by atoms with Crippen LogP contribution in [0.15, 0.2) is 42.5 Å². The summed E-state index contributed by atoms with van der Waals surface area (Å²) < 4.78 is 0. The molecule has 1 unspecified atom stereocenters. The van der Waals surface area contributed by atoms with Gasteiger partial charge in [0.05, 0.1) is 5.92 Å². The predicted octanol–water partition coefficient (Wildman–Crippen LogP) is 4.29. The molecule has 4 nitrogen and oxygen atoms in total. The van der Waals surface area contributed by atoms with Crippen molar-refractivity contribution in [2.75, 3.05) is 11.9 Å². The Morgan fingerprint density at radius 1 is 1.24 bits per heavy atom. The van der Waals surface area contributed by atoms with Gasteiger partial charge in [-0.2, -0.15) is 0 Å². The van der Waals surface area contributed by atoms with Crippen molar-refractivity contribution in [3.8, 4) is 0 Å². The maximum atomic E-state index is 12.5. The van der Waals surface area contributed by atoms with Gasteiger partial charge >= 0.3 is 0 Å². The summed E-state index contributed by atoms with van der Waals surface area (Å²) in [5.74, 6) is -0.586. The zero-order valence-corrected chi connectivity index (χ0v) is 15.3. The van der Waals surface area contributed by atoms with Crippen molar-refractivity contribution in [2.45, 2.75) is 19.9 Å². The van der Waals surface area contributed by atoms with Crippen LogP contribution in [0.25, 0.3) is 0 Å². The van der Waals surface area contributed by atoms with Crippen molar-refractivity contribution in [3.63, 3.8) is 0 Å². The van der Waals surface area contributed by atoms with Gasteiger partial charge < -0.3 is 10.2 Å². The molecule has 1 aliphatic rings. The number of aryl methyl sites for hydroxylation is 1. The number of nitrogens with zero attached hydrogens (tertiary/aromatic N) is 1. The minimum atomic E-state index is -0.381. The van der Waals surface area contributed by atoms with Gasteiger partial charge in [-0.05, 0) is 36.2 Å². The Balaban J connectivity index is 1.66. The minimum absolute atomic E-state index is 0.0390. The lowest BCUT2D eigenvalue weighted by molar-refractivity contribution is -0.128. The molecule has 1 saturated heterocycles. The summed E-state index contributed by atoms with van der Waals surface area (Å²) in [6.45, 7) is 2.70. The predicted molar refractivity (Wildman–Crippen MR) is 99.8 cm³/mol. The number of benzene rings is 2. The van der Waals surface area contributed by atoms with E-state index in [4.69, 9.17) is 23.2 Å². The van der Waals surface area contributed by atoms with Crippen LogP contribution in [0.4, 0.5) is 5.69 Å². The largest absolute Gasteiger partial charge is 0.337 e. The van der Waals surface area contributed by atoms with Crippen LogP contribution < -0.4 is 5.32 Å². The molecule has 2 amide bonds. The number of hydrogen-bond donors (Lipinski definition) is 1. The third-order valence-corrected chi connectivity index (χ3v) is 4.97. The van der Waals surface area contributed by atoms with Crippen molar-refractivity contribution in [1.29, 1.82) is 0 Å². The van der Waals surface area contributed by atoms with Crippen LogP contribution in [0.3, 0.4) is 0 Å². The van der Waals surface area contributed by atoms with Gasteiger partial charge in [-0.1, -0.05) is 47.5 Å². The van der Waals surface area contributed by atoms with E-state index in [-0.39, 0.29) is 24.2 Å². The van der Waals surface area contributed by atoms with Crippen molar-refractivity contribution in [3.05, 3.63) is 63.6 Å². The molecule has 1 aliphatic heterocycles. The van der Waals surface area contributed by atoms with Crippen molar-refractivity contribution >= 4 is 40.7 Å². The van der Waals surface area contributed by atoms with E-state index in [2.05, 4.69) is 5.32 Å². The number of likely N-dealkylation sites (tertiary alicyclic amines) is 1. The van der Waals surface area contributed by atoms with Crippen LogP contribution in [0.2, 0.25) is 10.0 Å². The van der Waals surface area contributed by atoms with E-state index < -0.39 is 0 Å². The number of amides is 2. The molecule has 3 rings (SSSR count). The Labute approximate surface area is 156 Å². The summed E-state index contributed by atoms with van der Waals surface area (Å²) in [7, 11) is 0. The standard InChI is InChI=1S/C19H18Cl2N2O2/c1-12-6-7-15(20)9-17(12)22-19(25)14-8-18(24)23(11-14)10-13-4-2-3-5-16(13)21/h2-7,9,14H,8,10-11H2,1H3,(H,22,25). The van der Waals surface area contributed by atoms with Crippen molar-refractivity contribution in [1.82, 2.24) is 4.90 Å². The molecule has 1 heterocycles. The quantitative estimate of drug-likeness (QED) is 0.864. The van der Waals surface area contributed by atoms with Gasteiger partial charge in [0.25, 0.3) is 0 Å². The van der Waals surface area contributed by atoms with E-state index >= 15 is 0 Å². The lowest BCUT2D eigenvalue weighted by atomic mass is 10.1. The zero-order valence-electron chi connectivity index (χ0n) is 13.8. The molecule has 1 fully saturated rings. The van der Waals surface area contributed by atoms with E-state index in [1.54, 1.807) is 23.1 Å². The number of hydrogen-bond acceptors (Lipinski definition) is 2. The molecule has 0 bridgehead atoms. The van der Waals surface area contributed by atoms with Crippen molar-refractivity contribution < 1.29 is 9.59 Å². The van der Waals surface area contributed by atoms with Crippen LogP contribution in [0, 0.1) is 12.8 Å². The van der Waals surface area contributed by atoms with Crippen LogP contribution in [-0.2, 0) is 16.1 Å². The SMILES string of the molecule is Cc1ccc(Cl)cc1NC(=O)C1CC(=O)N(Cc2ccccc2Cl)C1. The number of nitrogens with one attached hydrogen (secondary N) is 1. The van der Waals surface area contributed by atoms with E-state index in [9.17, 15) is 9.59 Å². The Kier molecular flexibility index (Phi) is 5.30. The molecule has 1 atom stereocenters. The molecule has 0 aromatic heterocycles. The van der Waals surface area contributed by atoms with E-state index in [1.807, 2.05) is 31.2 Å². The maximum absolute atomic E-state index is 12.5. The van der Waals surface area contributed by atoms with Crippen LogP contribution in [0.1, 0.15) is 17.5 Å². The highest BCUT2D eigenvalue weighted by Crippen LogP contribution is 2.26. The first-order chi connectivity index (χ1) is 11.9. The second-order valence-corrected chi connectivity index (χ2v) is 7.06. The second kappa shape index (κ2) is 7.46. The molecule has 25 heavy (non-hydrogen) atoms. The fourth-order valence-electron chi connectivity index (χ4n) is 2.90. The number of halogens is 2. The molecule has 130 valence electrons. The molecule has 0 saturated carbocycles. The Hall–Kier alpha value is -2.04. The van der Waals surface area contributed by atoms with Gasteiger partial charge in [0.1, 0.15) is 0 Å². The summed E-state index contributed by atoms with van der Waals surface area (Å²) in [5, 5.41) is 4.06. The zero-order chi connectivity index (χ0) is 18.0. The Morgan fingerprint density at radius 3 is 2.76 bits per heavy atom. The third kappa shape index (κ3) is 4.14. The molecule has 1 N–H and O–H groups in total. The van der Waals surface area contributed by atoms with Crippen molar-refractivity contribution in [2.24, 2.45) is 5.92 Å². The molecule has 2 aromatic rings. The molecule has 0 aliphatic carbocycles. The molecular weight excluding hydrogens is 359 g/mol. The van der Waals surface area contributed by atoms with Gasteiger partial charge in [-0.25, -0.2) is 0 Å². The van der Waals surface area contributed by atoms with E-state index in [0.29, 0.717) is 28.8 Å². The maximum Gasteiger partial charge on any atom is 0.229 e.